The molecule has 3 unspecified atom stereocenters. The first-order valence-corrected chi connectivity index (χ1v) is 6.20. The standard InChI is InChI=1S/C14H22N2/c1-10-8-11(2)12(3)16(9-10)14-6-4-13(15)5-7-14/h4-7,10-12H,8-9,15H2,1-3H3. The number of piperidine rings is 1. The van der Waals surface area contributed by atoms with Gasteiger partial charge in [0.25, 0.3) is 0 Å². The summed E-state index contributed by atoms with van der Waals surface area (Å²) in [7, 11) is 0. The van der Waals surface area contributed by atoms with Gasteiger partial charge in [-0.05, 0) is 49.4 Å². The zero-order valence-electron chi connectivity index (χ0n) is 10.5. The number of rotatable bonds is 1. The summed E-state index contributed by atoms with van der Waals surface area (Å²) in [6.07, 6.45) is 1.34. The minimum absolute atomic E-state index is 0.625. The second kappa shape index (κ2) is 4.36. The smallest absolute Gasteiger partial charge is 0.0370 e. The van der Waals surface area contributed by atoms with Gasteiger partial charge in [0.2, 0.25) is 0 Å². The summed E-state index contributed by atoms with van der Waals surface area (Å²) in [5, 5.41) is 0. The Morgan fingerprint density at radius 1 is 1.12 bits per heavy atom. The predicted octanol–water partition coefficient (Wildman–Crippen LogP) is 3.14. The Hall–Kier alpha value is -1.18. The summed E-state index contributed by atoms with van der Waals surface area (Å²) in [5.74, 6) is 1.55. The molecule has 2 heteroatoms. The molecule has 2 nitrogen and oxygen atoms in total. The molecule has 0 saturated carbocycles. The summed E-state index contributed by atoms with van der Waals surface area (Å²) >= 11 is 0. The van der Waals surface area contributed by atoms with E-state index >= 15 is 0 Å². The Labute approximate surface area is 98.4 Å². The molecule has 1 aromatic carbocycles. The number of nitrogens with two attached hydrogens (primary N) is 1. The molecular formula is C14H22N2. The van der Waals surface area contributed by atoms with Gasteiger partial charge >= 0.3 is 0 Å². The van der Waals surface area contributed by atoms with Crippen molar-refractivity contribution >= 4 is 11.4 Å². The molecular weight excluding hydrogens is 196 g/mol. The number of nitrogen functional groups attached to an aromatic ring is 1. The van der Waals surface area contributed by atoms with Crippen LogP contribution in [-0.2, 0) is 0 Å². The molecule has 0 spiro atoms. The Morgan fingerprint density at radius 3 is 2.38 bits per heavy atom. The largest absolute Gasteiger partial charge is 0.399 e. The molecule has 2 rings (SSSR count). The van der Waals surface area contributed by atoms with Crippen molar-refractivity contribution in [2.24, 2.45) is 11.8 Å². The molecule has 1 aliphatic heterocycles. The van der Waals surface area contributed by atoms with E-state index in [2.05, 4.69) is 37.8 Å². The lowest BCUT2D eigenvalue weighted by Gasteiger charge is -2.42. The number of hydrogen-bond acceptors (Lipinski definition) is 2. The third-order valence-electron chi connectivity index (χ3n) is 3.82. The number of benzene rings is 1. The van der Waals surface area contributed by atoms with Crippen LogP contribution in [0, 0.1) is 11.8 Å². The van der Waals surface area contributed by atoms with Gasteiger partial charge < -0.3 is 10.6 Å². The van der Waals surface area contributed by atoms with Crippen LogP contribution in [0.1, 0.15) is 27.2 Å². The van der Waals surface area contributed by atoms with Crippen molar-refractivity contribution in [1.82, 2.24) is 0 Å². The topological polar surface area (TPSA) is 29.3 Å². The summed E-state index contributed by atoms with van der Waals surface area (Å²) in [5.41, 5.74) is 7.87. The molecule has 1 aliphatic rings. The summed E-state index contributed by atoms with van der Waals surface area (Å²) < 4.78 is 0. The molecule has 2 N–H and O–H groups in total. The average molecular weight is 218 g/mol. The lowest BCUT2D eigenvalue weighted by atomic mass is 9.85. The van der Waals surface area contributed by atoms with E-state index in [9.17, 15) is 0 Å². The van der Waals surface area contributed by atoms with E-state index in [1.807, 2.05) is 12.1 Å². The molecule has 1 saturated heterocycles. The molecule has 88 valence electrons. The van der Waals surface area contributed by atoms with Crippen molar-refractivity contribution in [3.63, 3.8) is 0 Å². The van der Waals surface area contributed by atoms with Gasteiger partial charge in [-0.1, -0.05) is 13.8 Å². The van der Waals surface area contributed by atoms with E-state index in [4.69, 9.17) is 5.73 Å². The third-order valence-corrected chi connectivity index (χ3v) is 3.82. The lowest BCUT2D eigenvalue weighted by Crippen LogP contribution is -2.45. The Kier molecular flexibility index (Phi) is 3.08. The van der Waals surface area contributed by atoms with Crippen LogP contribution < -0.4 is 10.6 Å². The fourth-order valence-electron chi connectivity index (χ4n) is 2.72. The maximum Gasteiger partial charge on any atom is 0.0370 e. The molecule has 0 amide bonds. The Morgan fingerprint density at radius 2 is 1.75 bits per heavy atom. The van der Waals surface area contributed by atoms with Crippen molar-refractivity contribution < 1.29 is 0 Å². The number of hydrogen-bond donors (Lipinski definition) is 1. The van der Waals surface area contributed by atoms with Crippen LogP contribution in [0.3, 0.4) is 0 Å². The highest BCUT2D eigenvalue weighted by Gasteiger charge is 2.28. The van der Waals surface area contributed by atoms with Crippen molar-refractivity contribution in [1.29, 1.82) is 0 Å². The van der Waals surface area contributed by atoms with Crippen LogP contribution >= 0.6 is 0 Å². The van der Waals surface area contributed by atoms with Crippen LogP contribution in [-0.4, -0.2) is 12.6 Å². The van der Waals surface area contributed by atoms with Crippen molar-refractivity contribution in [3.8, 4) is 0 Å². The fraction of sp³-hybridized carbons (Fsp3) is 0.571. The molecule has 1 fully saturated rings. The normalized spacial score (nSPS) is 30.4. The summed E-state index contributed by atoms with van der Waals surface area (Å²) in [4.78, 5) is 2.51. The van der Waals surface area contributed by atoms with Gasteiger partial charge in [0.15, 0.2) is 0 Å². The first-order chi connectivity index (χ1) is 7.58. The fourth-order valence-corrected chi connectivity index (χ4v) is 2.72. The van der Waals surface area contributed by atoms with Crippen LogP contribution in [0.2, 0.25) is 0 Å². The Balaban J connectivity index is 2.21. The van der Waals surface area contributed by atoms with Crippen molar-refractivity contribution in [2.75, 3.05) is 17.2 Å². The van der Waals surface area contributed by atoms with Crippen LogP contribution in [0.15, 0.2) is 24.3 Å². The van der Waals surface area contributed by atoms with Crippen molar-refractivity contribution in [2.45, 2.75) is 33.2 Å². The summed E-state index contributed by atoms with van der Waals surface area (Å²) in [6, 6.07) is 8.88. The lowest BCUT2D eigenvalue weighted by molar-refractivity contribution is 0.297. The van der Waals surface area contributed by atoms with Gasteiger partial charge in [-0.2, -0.15) is 0 Å². The van der Waals surface area contributed by atoms with Crippen LogP contribution in [0.5, 0.6) is 0 Å². The second-order valence-corrected chi connectivity index (χ2v) is 5.30. The van der Waals surface area contributed by atoms with Gasteiger partial charge in [-0.25, -0.2) is 0 Å². The van der Waals surface area contributed by atoms with Crippen molar-refractivity contribution in [3.05, 3.63) is 24.3 Å². The minimum Gasteiger partial charge on any atom is -0.399 e. The van der Waals surface area contributed by atoms with Gasteiger partial charge in [0.1, 0.15) is 0 Å². The zero-order chi connectivity index (χ0) is 11.7. The molecule has 16 heavy (non-hydrogen) atoms. The predicted molar refractivity (Wildman–Crippen MR) is 70.6 cm³/mol. The third kappa shape index (κ3) is 2.16. The van der Waals surface area contributed by atoms with E-state index in [1.165, 1.54) is 12.1 Å². The van der Waals surface area contributed by atoms with Gasteiger partial charge in [0.05, 0.1) is 0 Å². The molecule has 1 heterocycles. The van der Waals surface area contributed by atoms with Gasteiger partial charge in [-0.3, -0.25) is 0 Å². The van der Waals surface area contributed by atoms with E-state index in [1.54, 1.807) is 0 Å². The molecule has 0 aromatic heterocycles. The quantitative estimate of drug-likeness (QED) is 0.734. The minimum atomic E-state index is 0.625. The number of nitrogens with zero attached hydrogens (tertiary/aromatic N) is 1. The molecule has 0 bridgehead atoms. The monoisotopic (exact) mass is 218 g/mol. The van der Waals surface area contributed by atoms with E-state index in [0.29, 0.717) is 6.04 Å². The van der Waals surface area contributed by atoms with Gasteiger partial charge in [0, 0.05) is 24.0 Å². The highest BCUT2D eigenvalue weighted by atomic mass is 15.2. The summed E-state index contributed by atoms with van der Waals surface area (Å²) in [6.45, 7) is 8.18. The molecule has 0 radical (unpaired) electrons. The average Bonchev–Trinajstić information content (AvgIpc) is 2.25. The van der Waals surface area contributed by atoms with E-state index < -0.39 is 0 Å². The first-order valence-electron chi connectivity index (χ1n) is 6.20. The van der Waals surface area contributed by atoms with Crippen LogP contribution in [0.4, 0.5) is 11.4 Å². The first kappa shape index (κ1) is 11.3. The van der Waals surface area contributed by atoms with E-state index in [0.717, 1.165) is 24.1 Å². The molecule has 3 atom stereocenters. The zero-order valence-corrected chi connectivity index (χ0v) is 10.5. The van der Waals surface area contributed by atoms with Gasteiger partial charge in [-0.15, -0.1) is 0 Å². The molecule has 1 aromatic rings. The Bertz CT molecular complexity index is 344. The SMILES string of the molecule is CC1CC(C)C(C)N(c2ccc(N)cc2)C1. The highest BCUT2D eigenvalue weighted by Crippen LogP contribution is 2.31. The number of anilines is 2. The highest BCUT2D eigenvalue weighted by molar-refractivity contribution is 5.54. The maximum absolute atomic E-state index is 5.73. The maximum atomic E-state index is 5.73. The van der Waals surface area contributed by atoms with E-state index in [-0.39, 0.29) is 0 Å². The molecule has 0 aliphatic carbocycles. The van der Waals surface area contributed by atoms with Crippen LogP contribution in [0.25, 0.3) is 0 Å². The second-order valence-electron chi connectivity index (χ2n) is 5.30.